The molecule has 0 aliphatic carbocycles. The van der Waals surface area contributed by atoms with Crippen molar-refractivity contribution in [2.24, 2.45) is 5.92 Å². The Bertz CT molecular complexity index is 307. The fourth-order valence-electron chi connectivity index (χ4n) is 2.76. The Labute approximate surface area is 160 Å². The maximum atomic E-state index is 11.7. The molecular weight excluding hydrogens is 334 g/mol. The number of hydrogen-bond donors (Lipinski definition) is 0. The highest BCUT2D eigenvalue weighted by molar-refractivity contribution is 5.80. The minimum atomic E-state index is 0.288. The summed E-state index contributed by atoms with van der Waals surface area (Å²) in [5, 5.41) is 0. The molecule has 0 saturated carbocycles. The predicted octanol–water partition coefficient (Wildman–Crippen LogP) is 2.79. The van der Waals surface area contributed by atoms with Gasteiger partial charge >= 0.3 is 0 Å². The minimum absolute atomic E-state index is 0.288. The van der Waals surface area contributed by atoms with Crippen molar-refractivity contribution in [2.75, 3.05) is 72.5 Å². The minimum Gasteiger partial charge on any atom is -0.379 e. The molecule has 0 N–H and O–H groups in total. The van der Waals surface area contributed by atoms with Crippen molar-refractivity contribution in [1.82, 2.24) is 4.90 Å². The zero-order valence-electron chi connectivity index (χ0n) is 17.5. The van der Waals surface area contributed by atoms with Crippen LogP contribution in [0.25, 0.3) is 0 Å². The van der Waals surface area contributed by atoms with Gasteiger partial charge in [0.15, 0.2) is 0 Å². The van der Waals surface area contributed by atoms with Crippen LogP contribution in [0.1, 0.15) is 47.0 Å². The highest BCUT2D eigenvalue weighted by Gasteiger charge is 2.23. The summed E-state index contributed by atoms with van der Waals surface area (Å²) in [6.07, 6.45) is 2.67. The van der Waals surface area contributed by atoms with Gasteiger partial charge in [-0.25, -0.2) is 0 Å². The van der Waals surface area contributed by atoms with E-state index in [9.17, 15) is 4.79 Å². The number of ketones is 1. The molecule has 26 heavy (non-hydrogen) atoms. The Hall–Kier alpha value is -0.530. The molecule has 1 aliphatic heterocycles. The van der Waals surface area contributed by atoms with E-state index >= 15 is 0 Å². The van der Waals surface area contributed by atoms with Crippen LogP contribution in [-0.2, 0) is 23.7 Å². The standard InChI is InChI=1S/C18H35NO5.C2H6/c1-3-18(20)17-5-7-19(8-6-17)9-10-22-13-14-24-16-15-23-12-11-21-4-2;1-2/h17H,3-16H2,1-2H3;1-2H3. The Morgan fingerprint density at radius 2 is 1.27 bits per heavy atom. The molecule has 0 unspecified atom stereocenters. The molecule has 6 nitrogen and oxygen atoms in total. The molecule has 0 aromatic heterocycles. The average Bonchev–Trinajstić information content (AvgIpc) is 2.70. The first kappa shape index (κ1) is 25.5. The molecule has 0 radical (unpaired) electrons. The molecule has 0 aromatic carbocycles. The van der Waals surface area contributed by atoms with Gasteiger partial charge in [-0.1, -0.05) is 20.8 Å². The van der Waals surface area contributed by atoms with Crippen LogP contribution in [0.2, 0.25) is 0 Å². The van der Waals surface area contributed by atoms with E-state index in [1.165, 1.54) is 0 Å². The first-order valence-electron chi connectivity index (χ1n) is 10.3. The highest BCUT2D eigenvalue weighted by atomic mass is 16.6. The summed E-state index contributed by atoms with van der Waals surface area (Å²) >= 11 is 0. The normalized spacial score (nSPS) is 15.5. The largest absolute Gasteiger partial charge is 0.379 e. The predicted molar refractivity (Wildman–Crippen MR) is 105 cm³/mol. The fourth-order valence-corrected chi connectivity index (χ4v) is 2.76. The molecule has 156 valence electrons. The van der Waals surface area contributed by atoms with Crippen molar-refractivity contribution in [3.8, 4) is 0 Å². The van der Waals surface area contributed by atoms with Crippen LogP contribution in [0, 0.1) is 5.92 Å². The van der Waals surface area contributed by atoms with Gasteiger partial charge in [0.2, 0.25) is 0 Å². The van der Waals surface area contributed by atoms with E-state index in [-0.39, 0.29) is 5.92 Å². The molecule has 1 rings (SSSR count). The second-order valence-corrected chi connectivity index (χ2v) is 5.97. The maximum absolute atomic E-state index is 11.7. The van der Waals surface area contributed by atoms with E-state index < -0.39 is 0 Å². The third-order valence-corrected chi connectivity index (χ3v) is 4.26. The molecular formula is C20H41NO5. The van der Waals surface area contributed by atoms with E-state index in [1.54, 1.807) is 0 Å². The molecule has 0 aromatic rings. The maximum Gasteiger partial charge on any atom is 0.135 e. The third-order valence-electron chi connectivity index (χ3n) is 4.26. The zero-order chi connectivity index (χ0) is 19.5. The van der Waals surface area contributed by atoms with Crippen molar-refractivity contribution in [3.63, 3.8) is 0 Å². The number of hydrogen-bond acceptors (Lipinski definition) is 6. The number of carbonyl (C=O) groups is 1. The van der Waals surface area contributed by atoms with Crippen LogP contribution in [0.4, 0.5) is 0 Å². The second kappa shape index (κ2) is 19.2. The molecule has 0 amide bonds. The van der Waals surface area contributed by atoms with E-state index in [0.717, 1.165) is 45.7 Å². The summed E-state index contributed by atoms with van der Waals surface area (Å²) < 4.78 is 21.6. The molecule has 0 bridgehead atoms. The van der Waals surface area contributed by atoms with Crippen LogP contribution < -0.4 is 0 Å². The Kier molecular flexibility index (Phi) is 18.8. The van der Waals surface area contributed by atoms with E-state index in [0.29, 0.717) is 51.8 Å². The van der Waals surface area contributed by atoms with Crippen LogP contribution in [0.3, 0.4) is 0 Å². The Morgan fingerprint density at radius 1 is 0.808 bits per heavy atom. The quantitative estimate of drug-likeness (QED) is 0.410. The molecule has 1 aliphatic rings. The lowest BCUT2D eigenvalue weighted by Gasteiger charge is -2.30. The van der Waals surface area contributed by atoms with Gasteiger partial charge < -0.3 is 23.8 Å². The van der Waals surface area contributed by atoms with Gasteiger partial charge in [0.05, 0.1) is 46.2 Å². The number of nitrogens with zero attached hydrogens (tertiary/aromatic N) is 1. The van der Waals surface area contributed by atoms with E-state index in [1.807, 2.05) is 27.7 Å². The summed E-state index contributed by atoms with van der Waals surface area (Å²) in [4.78, 5) is 14.1. The van der Waals surface area contributed by atoms with Gasteiger partial charge in [-0.15, -0.1) is 0 Å². The van der Waals surface area contributed by atoms with Gasteiger partial charge in [0.25, 0.3) is 0 Å². The van der Waals surface area contributed by atoms with Gasteiger partial charge in [0.1, 0.15) is 5.78 Å². The molecule has 1 heterocycles. The van der Waals surface area contributed by atoms with Gasteiger partial charge in [-0.3, -0.25) is 4.79 Å². The van der Waals surface area contributed by atoms with Crippen LogP contribution >= 0.6 is 0 Å². The molecule has 0 spiro atoms. The van der Waals surface area contributed by atoms with E-state index in [2.05, 4.69) is 4.90 Å². The monoisotopic (exact) mass is 375 g/mol. The lowest BCUT2D eigenvalue weighted by molar-refractivity contribution is -0.124. The smallest absolute Gasteiger partial charge is 0.135 e. The summed E-state index contributed by atoms with van der Waals surface area (Å²) in [5.74, 6) is 0.709. The third kappa shape index (κ3) is 13.6. The van der Waals surface area contributed by atoms with Crippen molar-refractivity contribution in [3.05, 3.63) is 0 Å². The number of ether oxygens (including phenoxy) is 4. The summed E-state index contributed by atoms with van der Waals surface area (Å²) in [5.41, 5.74) is 0. The Morgan fingerprint density at radius 3 is 1.73 bits per heavy atom. The topological polar surface area (TPSA) is 57.2 Å². The van der Waals surface area contributed by atoms with Gasteiger partial charge in [-0.2, -0.15) is 0 Å². The van der Waals surface area contributed by atoms with Crippen molar-refractivity contribution < 1.29 is 23.7 Å². The number of likely N-dealkylation sites (tertiary alicyclic amines) is 1. The summed E-state index contributed by atoms with van der Waals surface area (Å²) in [7, 11) is 0. The summed E-state index contributed by atoms with van der Waals surface area (Å²) in [6, 6.07) is 0. The molecule has 0 atom stereocenters. The van der Waals surface area contributed by atoms with E-state index in [4.69, 9.17) is 18.9 Å². The van der Waals surface area contributed by atoms with Crippen molar-refractivity contribution >= 4 is 5.78 Å². The lowest BCUT2D eigenvalue weighted by atomic mass is 9.91. The van der Waals surface area contributed by atoms with Crippen molar-refractivity contribution in [1.29, 1.82) is 0 Å². The zero-order valence-corrected chi connectivity index (χ0v) is 17.5. The first-order valence-corrected chi connectivity index (χ1v) is 10.3. The van der Waals surface area contributed by atoms with Gasteiger partial charge in [-0.05, 0) is 32.9 Å². The molecule has 1 saturated heterocycles. The second-order valence-electron chi connectivity index (χ2n) is 5.97. The number of Topliss-reactive ketones (excluding diaryl/α,β-unsaturated/α-hetero) is 1. The number of rotatable bonds is 15. The molecule has 1 fully saturated rings. The SMILES string of the molecule is CC.CCOCCOCCOCCOCCN1CCC(C(=O)CC)CC1. The fraction of sp³-hybridized carbons (Fsp3) is 0.950. The average molecular weight is 376 g/mol. The Balaban J connectivity index is 0.00000301. The van der Waals surface area contributed by atoms with Gasteiger partial charge in [0, 0.05) is 25.5 Å². The number of carbonyl (C=O) groups excluding carboxylic acids is 1. The first-order chi connectivity index (χ1) is 12.8. The lowest BCUT2D eigenvalue weighted by Crippen LogP contribution is -2.38. The summed E-state index contributed by atoms with van der Waals surface area (Å²) in [6.45, 7) is 16.0. The van der Waals surface area contributed by atoms with Crippen molar-refractivity contribution in [2.45, 2.75) is 47.0 Å². The van der Waals surface area contributed by atoms with Crippen LogP contribution in [0.5, 0.6) is 0 Å². The molecule has 6 heteroatoms. The number of piperidine rings is 1. The van der Waals surface area contributed by atoms with Crippen LogP contribution in [0.15, 0.2) is 0 Å². The van der Waals surface area contributed by atoms with Crippen LogP contribution in [-0.4, -0.2) is 83.2 Å². The highest BCUT2D eigenvalue weighted by Crippen LogP contribution is 2.18.